The van der Waals surface area contributed by atoms with Crippen LogP contribution in [0.4, 0.5) is 26.3 Å². The van der Waals surface area contributed by atoms with Crippen LogP contribution in [0, 0.1) is 0 Å². The molecule has 20 heavy (non-hydrogen) atoms. The average molecular weight is 302 g/mol. The number of carbonyl (C=O) groups is 1. The van der Waals surface area contributed by atoms with E-state index >= 15 is 0 Å². The summed E-state index contributed by atoms with van der Waals surface area (Å²) in [5.74, 6) is -3.28. The van der Waals surface area contributed by atoms with Gasteiger partial charge >= 0.3 is 18.3 Å². The standard InChI is InChI=1S/C11H8F6O3/c1-2-20-9(19)7-5(10(12,13)14)3-4-6(18)8(7)11(15,16)17/h3-4,18H,2H2,1H3. The lowest BCUT2D eigenvalue weighted by atomic mass is 9.99. The average Bonchev–Trinajstić information content (AvgIpc) is 2.25. The van der Waals surface area contributed by atoms with Gasteiger partial charge in [-0.2, -0.15) is 26.3 Å². The molecule has 0 aliphatic rings. The van der Waals surface area contributed by atoms with E-state index in [2.05, 4.69) is 4.74 Å². The first-order valence-electron chi connectivity index (χ1n) is 5.17. The van der Waals surface area contributed by atoms with E-state index in [9.17, 15) is 31.1 Å². The molecule has 0 unspecified atom stereocenters. The van der Waals surface area contributed by atoms with Crippen molar-refractivity contribution in [3.05, 3.63) is 28.8 Å². The zero-order chi connectivity index (χ0) is 15.7. The van der Waals surface area contributed by atoms with Crippen LogP contribution in [0.25, 0.3) is 0 Å². The minimum absolute atomic E-state index is 0.191. The molecule has 1 rings (SSSR count). The number of carbonyl (C=O) groups excluding carboxylic acids is 1. The van der Waals surface area contributed by atoms with E-state index in [1.54, 1.807) is 0 Å². The third-order valence-corrected chi connectivity index (χ3v) is 2.25. The fourth-order valence-electron chi connectivity index (χ4n) is 1.53. The van der Waals surface area contributed by atoms with Crippen LogP contribution < -0.4 is 0 Å². The summed E-state index contributed by atoms with van der Waals surface area (Å²) in [5.41, 5.74) is -5.63. The Kier molecular flexibility index (Phi) is 4.21. The van der Waals surface area contributed by atoms with Gasteiger partial charge < -0.3 is 9.84 Å². The van der Waals surface area contributed by atoms with Crippen LogP contribution in [0.5, 0.6) is 5.75 Å². The fraction of sp³-hybridized carbons (Fsp3) is 0.364. The topological polar surface area (TPSA) is 46.5 Å². The fourth-order valence-corrected chi connectivity index (χ4v) is 1.53. The van der Waals surface area contributed by atoms with Crippen LogP contribution in [0.15, 0.2) is 12.1 Å². The van der Waals surface area contributed by atoms with Gasteiger partial charge in [-0.15, -0.1) is 0 Å². The maximum atomic E-state index is 12.7. The Morgan fingerprint density at radius 1 is 1.15 bits per heavy atom. The van der Waals surface area contributed by atoms with Gasteiger partial charge in [0.25, 0.3) is 0 Å². The molecule has 0 saturated heterocycles. The Morgan fingerprint density at radius 3 is 2.10 bits per heavy atom. The molecular weight excluding hydrogens is 294 g/mol. The Hall–Kier alpha value is -1.93. The van der Waals surface area contributed by atoms with Gasteiger partial charge in [0.1, 0.15) is 11.3 Å². The Balaban J connectivity index is 3.70. The highest BCUT2D eigenvalue weighted by atomic mass is 19.4. The van der Waals surface area contributed by atoms with Gasteiger partial charge in [-0.05, 0) is 19.1 Å². The highest BCUT2D eigenvalue weighted by molar-refractivity contribution is 5.94. The summed E-state index contributed by atoms with van der Waals surface area (Å²) in [6.07, 6.45) is -10.5. The van der Waals surface area contributed by atoms with E-state index in [-0.39, 0.29) is 12.1 Å². The molecule has 0 amide bonds. The summed E-state index contributed by atoms with van der Waals surface area (Å²) < 4.78 is 80.5. The van der Waals surface area contributed by atoms with Gasteiger partial charge in [-0.1, -0.05) is 0 Å². The van der Waals surface area contributed by atoms with Crippen molar-refractivity contribution in [1.82, 2.24) is 0 Å². The molecular formula is C11H8F6O3. The van der Waals surface area contributed by atoms with Crippen LogP contribution in [0.2, 0.25) is 0 Å². The first-order chi connectivity index (χ1) is 9.00. The van der Waals surface area contributed by atoms with E-state index in [0.717, 1.165) is 0 Å². The first kappa shape index (κ1) is 16.1. The van der Waals surface area contributed by atoms with Gasteiger partial charge in [-0.25, -0.2) is 4.79 Å². The third kappa shape index (κ3) is 3.14. The summed E-state index contributed by atoms with van der Waals surface area (Å²) in [5, 5.41) is 9.14. The van der Waals surface area contributed by atoms with Crippen molar-refractivity contribution in [2.75, 3.05) is 6.61 Å². The molecule has 0 bridgehead atoms. The lowest BCUT2D eigenvalue weighted by Crippen LogP contribution is -2.21. The summed E-state index contributed by atoms with van der Waals surface area (Å²) >= 11 is 0. The predicted molar refractivity (Wildman–Crippen MR) is 54.1 cm³/mol. The monoisotopic (exact) mass is 302 g/mol. The van der Waals surface area contributed by atoms with Gasteiger partial charge in [0.05, 0.1) is 17.7 Å². The summed E-state index contributed by atoms with van der Waals surface area (Å²) in [7, 11) is 0. The minimum Gasteiger partial charge on any atom is -0.507 e. The molecule has 0 saturated carbocycles. The second-order valence-corrected chi connectivity index (χ2v) is 3.60. The molecule has 3 nitrogen and oxygen atoms in total. The zero-order valence-electron chi connectivity index (χ0n) is 9.89. The quantitative estimate of drug-likeness (QED) is 0.670. The van der Waals surface area contributed by atoms with E-state index in [1.807, 2.05) is 0 Å². The van der Waals surface area contributed by atoms with Crippen LogP contribution in [-0.2, 0) is 17.1 Å². The molecule has 112 valence electrons. The number of phenols is 1. The molecule has 0 spiro atoms. The number of benzene rings is 1. The van der Waals surface area contributed by atoms with E-state index in [4.69, 9.17) is 5.11 Å². The van der Waals surface area contributed by atoms with Crippen LogP contribution in [0.1, 0.15) is 28.4 Å². The second kappa shape index (κ2) is 5.22. The summed E-state index contributed by atoms with van der Waals surface area (Å²) in [4.78, 5) is 11.4. The van der Waals surface area contributed by atoms with E-state index in [0.29, 0.717) is 0 Å². The molecule has 0 radical (unpaired) electrons. The van der Waals surface area contributed by atoms with Gasteiger partial charge in [-0.3, -0.25) is 0 Å². The van der Waals surface area contributed by atoms with Crippen molar-refractivity contribution in [3.8, 4) is 5.75 Å². The molecule has 0 aliphatic heterocycles. The number of esters is 1. The number of rotatable bonds is 2. The van der Waals surface area contributed by atoms with E-state index in [1.165, 1.54) is 6.92 Å². The van der Waals surface area contributed by atoms with Crippen molar-refractivity contribution in [1.29, 1.82) is 0 Å². The Morgan fingerprint density at radius 2 is 1.70 bits per heavy atom. The Labute approximate surface area is 108 Å². The molecule has 0 heterocycles. The largest absolute Gasteiger partial charge is 0.507 e. The molecule has 0 aliphatic carbocycles. The maximum Gasteiger partial charge on any atom is 0.420 e. The normalized spacial score (nSPS) is 12.3. The number of hydrogen-bond acceptors (Lipinski definition) is 3. The van der Waals surface area contributed by atoms with Crippen molar-refractivity contribution < 1.29 is 41.0 Å². The smallest absolute Gasteiger partial charge is 0.420 e. The highest BCUT2D eigenvalue weighted by Gasteiger charge is 2.45. The molecule has 0 atom stereocenters. The summed E-state index contributed by atoms with van der Waals surface area (Å²) in [6, 6.07) is 0.422. The number of aromatic hydroxyl groups is 1. The second-order valence-electron chi connectivity index (χ2n) is 3.60. The number of ether oxygens (including phenoxy) is 1. The maximum absolute atomic E-state index is 12.7. The van der Waals surface area contributed by atoms with Crippen molar-refractivity contribution in [2.45, 2.75) is 19.3 Å². The van der Waals surface area contributed by atoms with Crippen molar-refractivity contribution in [2.24, 2.45) is 0 Å². The SMILES string of the molecule is CCOC(=O)c1c(C(F)(F)F)ccc(O)c1C(F)(F)F. The lowest BCUT2D eigenvalue weighted by molar-refractivity contribution is -0.144. The molecule has 1 aromatic rings. The van der Waals surface area contributed by atoms with Crippen LogP contribution >= 0.6 is 0 Å². The number of hydrogen-bond donors (Lipinski definition) is 1. The van der Waals surface area contributed by atoms with Crippen molar-refractivity contribution in [3.63, 3.8) is 0 Å². The molecule has 9 heteroatoms. The van der Waals surface area contributed by atoms with Crippen molar-refractivity contribution >= 4 is 5.97 Å². The third-order valence-electron chi connectivity index (χ3n) is 2.25. The zero-order valence-corrected chi connectivity index (χ0v) is 9.89. The predicted octanol–water partition coefficient (Wildman–Crippen LogP) is 3.61. The van der Waals surface area contributed by atoms with Gasteiger partial charge in [0.15, 0.2) is 0 Å². The summed E-state index contributed by atoms with van der Waals surface area (Å²) in [6.45, 7) is 0.810. The Bertz CT molecular complexity index is 518. The van der Waals surface area contributed by atoms with Gasteiger partial charge in [0.2, 0.25) is 0 Å². The molecule has 1 aromatic carbocycles. The van der Waals surface area contributed by atoms with Gasteiger partial charge in [0, 0.05) is 0 Å². The van der Waals surface area contributed by atoms with E-state index < -0.39 is 47.4 Å². The number of alkyl halides is 6. The number of halogens is 6. The first-order valence-corrected chi connectivity index (χ1v) is 5.17. The van der Waals surface area contributed by atoms with Crippen LogP contribution in [-0.4, -0.2) is 17.7 Å². The molecule has 0 aromatic heterocycles. The number of phenolic OH excluding ortho intramolecular Hbond substituents is 1. The van der Waals surface area contributed by atoms with Crippen LogP contribution in [0.3, 0.4) is 0 Å². The highest BCUT2D eigenvalue weighted by Crippen LogP contribution is 2.43. The minimum atomic E-state index is -5.34. The lowest BCUT2D eigenvalue weighted by Gasteiger charge is -2.18. The molecule has 1 N–H and O–H groups in total. The molecule has 0 fully saturated rings.